The van der Waals surface area contributed by atoms with Crippen molar-refractivity contribution < 1.29 is 4.79 Å². The monoisotopic (exact) mass is 453 g/mol. The highest BCUT2D eigenvalue weighted by atomic mass is 32.1. The summed E-state index contributed by atoms with van der Waals surface area (Å²) in [7, 11) is 0. The number of likely N-dealkylation sites (tertiary alicyclic amines) is 1. The topological polar surface area (TPSA) is 20.3 Å². The molecule has 1 saturated heterocycles. The van der Waals surface area contributed by atoms with E-state index in [2.05, 4.69) is 60.4 Å². The molecule has 3 aromatic carbocycles. The Morgan fingerprint density at radius 2 is 1.70 bits per heavy atom. The second-order valence-corrected chi connectivity index (χ2v) is 10.5. The third-order valence-corrected chi connectivity index (χ3v) is 8.13. The van der Waals surface area contributed by atoms with E-state index in [1.807, 2.05) is 31.2 Å². The van der Waals surface area contributed by atoms with E-state index < -0.39 is 0 Å². The van der Waals surface area contributed by atoms with Crippen LogP contribution in [-0.2, 0) is 12.8 Å². The Kier molecular flexibility index (Phi) is 6.43. The molecule has 1 aliphatic rings. The van der Waals surface area contributed by atoms with E-state index in [4.69, 9.17) is 0 Å². The van der Waals surface area contributed by atoms with Gasteiger partial charge in [-0.3, -0.25) is 4.79 Å². The third-order valence-electron chi connectivity index (χ3n) is 6.92. The van der Waals surface area contributed by atoms with E-state index in [-0.39, 0.29) is 5.78 Å². The summed E-state index contributed by atoms with van der Waals surface area (Å²) < 4.78 is 1.18. The molecule has 0 spiro atoms. The van der Waals surface area contributed by atoms with Gasteiger partial charge in [-0.15, -0.1) is 11.3 Å². The van der Waals surface area contributed by atoms with E-state index in [0.717, 1.165) is 46.9 Å². The Labute approximate surface area is 200 Å². The van der Waals surface area contributed by atoms with Crippen LogP contribution in [0.5, 0.6) is 0 Å². The van der Waals surface area contributed by atoms with Crippen LogP contribution in [0, 0.1) is 12.8 Å². The van der Waals surface area contributed by atoms with Crippen molar-refractivity contribution in [1.82, 2.24) is 4.90 Å². The average molecular weight is 454 g/mol. The molecule has 0 radical (unpaired) electrons. The van der Waals surface area contributed by atoms with Crippen molar-refractivity contribution in [2.45, 2.75) is 33.1 Å². The van der Waals surface area contributed by atoms with Gasteiger partial charge in [-0.1, -0.05) is 73.7 Å². The molecule has 5 rings (SSSR count). The number of carbonyl (C=O) groups excluding carboxylic acids is 1. The van der Waals surface area contributed by atoms with Crippen LogP contribution in [0.3, 0.4) is 0 Å². The fourth-order valence-electron chi connectivity index (χ4n) is 4.95. The van der Waals surface area contributed by atoms with Crippen LogP contribution < -0.4 is 0 Å². The molecule has 0 N–H and O–H groups in total. The molecule has 0 aliphatic carbocycles. The quantitative estimate of drug-likeness (QED) is 0.283. The first-order chi connectivity index (χ1) is 16.1. The molecule has 0 bridgehead atoms. The summed E-state index contributed by atoms with van der Waals surface area (Å²) in [5.41, 5.74) is 5.64. The van der Waals surface area contributed by atoms with Gasteiger partial charge in [-0.2, -0.15) is 0 Å². The molecular formula is C30H31NOS. The summed E-state index contributed by atoms with van der Waals surface area (Å²) >= 11 is 1.63. The van der Waals surface area contributed by atoms with Crippen molar-refractivity contribution >= 4 is 27.2 Å². The number of ketones is 1. The zero-order chi connectivity index (χ0) is 22.8. The second kappa shape index (κ2) is 9.62. The summed E-state index contributed by atoms with van der Waals surface area (Å²) in [6, 6.07) is 25.3. The van der Waals surface area contributed by atoms with Crippen LogP contribution in [0.1, 0.15) is 50.8 Å². The SMILES string of the molecule is Cc1ccccc1C(=O)c1sc2ccccc2c1Cc1ccc(CCN2CCC(C)C2)cc1. The largest absolute Gasteiger partial charge is 0.303 e. The maximum Gasteiger partial charge on any atom is 0.203 e. The number of nitrogens with zero attached hydrogens (tertiary/aromatic N) is 1. The maximum absolute atomic E-state index is 13.5. The van der Waals surface area contributed by atoms with Crippen LogP contribution in [0.4, 0.5) is 0 Å². The number of hydrogen-bond acceptors (Lipinski definition) is 3. The second-order valence-electron chi connectivity index (χ2n) is 9.49. The fraction of sp³-hybridized carbons (Fsp3) is 0.300. The highest BCUT2D eigenvalue weighted by molar-refractivity contribution is 7.21. The minimum absolute atomic E-state index is 0.140. The van der Waals surface area contributed by atoms with Crippen molar-refractivity contribution in [2.75, 3.05) is 19.6 Å². The lowest BCUT2D eigenvalue weighted by Gasteiger charge is -2.15. The van der Waals surface area contributed by atoms with Gasteiger partial charge in [-0.25, -0.2) is 0 Å². The number of fused-ring (bicyclic) bond motifs is 1. The first-order valence-electron chi connectivity index (χ1n) is 12.0. The number of rotatable bonds is 7. The summed E-state index contributed by atoms with van der Waals surface area (Å²) in [5.74, 6) is 0.977. The summed E-state index contributed by atoms with van der Waals surface area (Å²) in [6.07, 6.45) is 3.21. The van der Waals surface area contributed by atoms with E-state index in [0.29, 0.717) is 0 Å². The number of thiophene rings is 1. The number of carbonyl (C=O) groups is 1. The summed E-state index contributed by atoms with van der Waals surface area (Å²) in [6.45, 7) is 7.99. The lowest BCUT2D eigenvalue weighted by molar-refractivity contribution is 0.104. The van der Waals surface area contributed by atoms with Gasteiger partial charge < -0.3 is 4.90 Å². The molecule has 1 aliphatic heterocycles. The molecular weight excluding hydrogens is 422 g/mol. The first-order valence-corrected chi connectivity index (χ1v) is 12.8. The Morgan fingerprint density at radius 1 is 0.970 bits per heavy atom. The molecule has 1 atom stereocenters. The predicted molar refractivity (Wildman–Crippen MR) is 140 cm³/mol. The Bertz CT molecular complexity index is 1270. The zero-order valence-electron chi connectivity index (χ0n) is 19.5. The van der Waals surface area contributed by atoms with Gasteiger partial charge in [0.25, 0.3) is 0 Å². The third kappa shape index (κ3) is 4.80. The van der Waals surface area contributed by atoms with Gasteiger partial charge in [0.1, 0.15) is 0 Å². The van der Waals surface area contributed by atoms with Gasteiger partial charge in [0.2, 0.25) is 5.78 Å². The van der Waals surface area contributed by atoms with Crippen LogP contribution in [0.15, 0.2) is 72.8 Å². The van der Waals surface area contributed by atoms with E-state index in [1.165, 1.54) is 40.7 Å². The Morgan fingerprint density at radius 3 is 2.45 bits per heavy atom. The van der Waals surface area contributed by atoms with Crippen molar-refractivity contribution in [3.63, 3.8) is 0 Å². The zero-order valence-corrected chi connectivity index (χ0v) is 20.3. The highest BCUT2D eigenvalue weighted by Gasteiger charge is 2.21. The van der Waals surface area contributed by atoms with Gasteiger partial charge in [0.15, 0.2) is 0 Å². The van der Waals surface area contributed by atoms with Gasteiger partial charge in [-0.05, 0) is 72.4 Å². The van der Waals surface area contributed by atoms with E-state index in [1.54, 1.807) is 11.3 Å². The lowest BCUT2D eigenvalue weighted by atomic mass is 9.96. The minimum atomic E-state index is 0.140. The summed E-state index contributed by atoms with van der Waals surface area (Å²) in [4.78, 5) is 17.0. The Balaban J connectivity index is 1.39. The van der Waals surface area contributed by atoms with Crippen molar-refractivity contribution in [3.05, 3.63) is 105 Å². The normalized spacial score (nSPS) is 16.5. The van der Waals surface area contributed by atoms with Crippen LogP contribution in [0.25, 0.3) is 10.1 Å². The molecule has 0 saturated carbocycles. The molecule has 0 amide bonds. The first kappa shape index (κ1) is 22.1. The molecule has 168 valence electrons. The molecule has 4 aromatic rings. The van der Waals surface area contributed by atoms with Crippen molar-refractivity contribution in [3.8, 4) is 0 Å². The van der Waals surface area contributed by atoms with Crippen LogP contribution in [0.2, 0.25) is 0 Å². The van der Waals surface area contributed by atoms with Crippen molar-refractivity contribution in [2.24, 2.45) is 5.92 Å². The smallest absolute Gasteiger partial charge is 0.203 e. The minimum Gasteiger partial charge on any atom is -0.303 e. The Hall–Kier alpha value is -2.75. The average Bonchev–Trinajstić information content (AvgIpc) is 3.42. The molecule has 2 nitrogen and oxygen atoms in total. The molecule has 33 heavy (non-hydrogen) atoms. The van der Waals surface area contributed by atoms with E-state index in [9.17, 15) is 4.79 Å². The van der Waals surface area contributed by atoms with Crippen LogP contribution in [-0.4, -0.2) is 30.3 Å². The van der Waals surface area contributed by atoms with Gasteiger partial charge in [0, 0.05) is 23.4 Å². The predicted octanol–water partition coefficient (Wildman–Crippen LogP) is 6.92. The van der Waals surface area contributed by atoms with Crippen LogP contribution >= 0.6 is 11.3 Å². The maximum atomic E-state index is 13.5. The standard InChI is InChI=1S/C30H31NOS/c1-21-15-17-31(20-21)18-16-23-11-13-24(14-12-23)19-27-26-9-5-6-10-28(26)33-30(27)29(32)25-8-4-3-7-22(25)2/h3-14,21H,15-20H2,1-2H3. The summed E-state index contributed by atoms with van der Waals surface area (Å²) in [5, 5.41) is 1.20. The number of hydrogen-bond donors (Lipinski definition) is 0. The molecule has 2 heterocycles. The highest BCUT2D eigenvalue weighted by Crippen LogP contribution is 2.35. The molecule has 1 aromatic heterocycles. The fourth-order valence-corrected chi connectivity index (χ4v) is 6.13. The van der Waals surface area contributed by atoms with Crippen molar-refractivity contribution in [1.29, 1.82) is 0 Å². The lowest BCUT2D eigenvalue weighted by Crippen LogP contribution is -2.22. The van der Waals surface area contributed by atoms with Gasteiger partial charge in [0.05, 0.1) is 4.88 Å². The molecule has 1 fully saturated rings. The molecule has 3 heteroatoms. The van der Waals surface area contributed by atoms with Gasteiger partial charge >= 0.3 is 0 Å². The van der Waals surface area contributed by atoms with E-state index >= 15 is 0 Å². The number of aryl methyl sites for hydroxylation is 1. The molecule has 1 unspecified atom stereocenters. The number of benzene rings is 3.